The van der Waals surface area contributed by atoms with E-state index in [2.05, 4.69) is 26.8 Å². The second-order valence-electron chi connectivity index (χ2n) is 3.45. The first kappa shape index (κ1) is 10.3. The highest BCUT2D eigenvalue weighted by molar-refractivity contribution is 7.07. The van der Waals surface area contributed by atoms with E-state index in [0.29, 0.717) is 0 Å². The number of nitrogens with two attached hydrogens (primary N) is 1. The van der Waals surface area contributed by atoms with Crippen LogP contribution in [-0.4, -0.2) is 9.97 Å². The topological polar surface area (TPSA) is 51.8 Å². The predicted octanol–water partition coefficient (Wildman–Crippen LogP) is 2.17. The summed E-state index contributed by atoms with van der Waals surface area (Å²) in [4.78, 5) is 7.92. The lowest BCUT2D eigenvalue weighted by molar-refractivity contribution is 0.646. The minimum atomic E-state index is 0.0334. The van der Waals surface area contributed by atoms with E-state index in [9.17, 15) is 0 Å². The molecule has 4 heteroatoms. The summed E-state index contributed by atoms with van der Waals surface area (Å²) in [5, 5.41) is 4.25. The van der Waals surface area contributed by atoms with Gasteiger partial charge in [0.05, 0.1) is 0 Å². The molecule has 78 valence electrons. The second kappa shape index (κ2) is 5.00. The fraction of sp³-hybridized carbons (Fsp3) is 0.273. The number of rotatable bonds is 4. The minimum Gasteiger partial charge on any atom is -0.324 e. The van der Waals surface area contributed by atoms with Gasteiger partial charge in [0.2, 0.25) is 0 Å². The number of aryl methyl sites for hydroxylation is 1. The van der Waals surface area contributed by atoms with Crippen molar-refractivity contribution in [3.05, 3.63) is 46.7 Å². The molecule has 3 nitrogen and oxygen atoms in total. The van der Waals surface area contributed by atoms with Crippen LogP contribution in [0.2, 0.25) is 0 Å². The summed E-state index contributed by atoms with van der Waals surface area (Å²) in [6.45, 7) is 0. The average Bonchev–Trinajstić information content (AvgIpc) is 2.80. The zero-order valence-electron chi connectivity index (χ0n) is 8.34. The number of aromatic nitrogens is 2. The molecule has 0 saturated carbocycles. The number of nitrogens with zero attached hydrogens (tertiary/aromatic N) is 2. The molecule has 0 aliphatic carbocycles. The highest BCUT2D eigenvalue weighted by atomic mass is 32.1. The quantitative estimate of drug-likeness (QED) is 0.857. The van der Waals surface area contributed by atoms with Gasteiger partial charge in [-0.05, 0) is 35.2 Å². The third kappa shape index (κ3) is 2.84. The van der Waals surface area contributed by atoms with Gasteiger partial charge < -0.3 is 5.73 Å². The van der Waals surface area contributed by atoms with Gasteiger partial charge >= 0.3 is 0 Å². The molecule has 1 atom stereocenters. The first-order valence-corrected chi connectivity index (χ1v) is 5.82. The van der Waals surface area contributed by atoms with Crippen LogP contribution in [0, 0.1) is 0 Å². The number of hydrogen-bond donors (Lipinski definition) is 1. The van der Waals surface area contributed by atoms with Gasteiger partial charge in [-0.15, -0.1) is 0 Å². The molecule has 0 amide bonds. The third-order valence-corrected chi connectivity index (χ3v) is 3.06. The van der Waals surface area contributed by atoms with E-state index in [1.165, 1.54) is 11.9 Å². The van der Waals surface area contributed by atoms with Gasteiger partial charge in [-0.3, -0.25) is 0 Å². The number of hydrogen-bond acceptors (Lipinski definition) is 4. The molecular formula is C11H13N3S. The molecule has 0 aromatic carbocycles. The van der Waals surface area contributed by atoms with Crippen molar-refractivity contribution in [2.24, 2.45) is 5.73 Å². The molecule has 2 aromatic heterocycles. The van der Waals surface area contributed by atoms with Gasteiger partial charge in [-0.1, -0.05) is 0 Å². The normalized spacial score (nSPS) is 12.6. The van der Waals surface area contributed by atoms with E-state index in [4.69, 9.17) is 5.73 Å². The van der Waals surface area contributed by atoms with Crippen LogP contribution >= 0.6 is 11.3 Å². The molecule has 15 heavy (non-hydrogen) atoms. The van der Waals surface area contributed by atoms with Crippen LogP contribution in [0.5, 0.6) is 0 Å². The first-order valence-electron chi connectivity index (χ1n) is 4.88. The van der Waals surface area contributed by atoms with Crippen molar-refractivity contribution in [1.29, 1.82) is 0 Å². The molecule has 2 N–H and O–H groups in total. The Bertz CT molecular complexity index is 385. The third-order valence-electron chi connectivity index (χ3n) is 2.33. The first-order chi connectivity index (χ1) is 7.36. The lowest BCUT2D eigenvalue weighted by Gasteiger charge is -2.09. The van der Waals surface area contributed by atoms with E-state index in [1.807, 2.05) is 0 Å². The Labute approximate surface area is 93.0 Å². The Morgan fingerprint density at radius 1 is 1.33 bits per heavy atom. The van der Waals surface area contributed by atoms with E-state index in [-0.39, 0.29) is 6.04 Å². The van der Waals surface area contributed by atoms with Gasteiger partial charge in [0.15, 0.2) is 0 Å². The maximum Gasteiger partial charge on any atom is 0.115 e. The highest BCUT2D eigenvalue weighted by Crippen LogP contribution is 2.16. The van der Waals surface area contributed by atoms with Gasteiger partial charge in [0.1, 0.15) is 6.33 Å². The average molecular weight is 219 g/mol. The fourth-order valence-corrected chi connectivity index (χ4v) is 2.13. The Balaban J connectivity index is 1.90. The van der Waals surface area contributed by atoms with Gasteiger partial charge in [0.25, 0.3) is 0 Å². The van der Waals surface area contributed by atoms with Crippen molar-refractivity contribution >= 4 is 11.3 Å². The second-order valence-corrected chi connectivity index (χ2v) is 4.23. The zero-order chi connectivity index (χ0) is 10.5. The van der Waals surface area contributed by atoms with E-state index < -0.39 is 0 Å². The molecular weight excluding hydrogens is 206 g/mol. The maximum atomic E-state index is 6.03. The Hall–Kier alpha value is -1.26. The van der Waals surface area contributed by atoms with Crippen LogP contribution in [0.15, 0.2) is 35.5 Å². The van der Waals surface area contributed by atoms with Gasteiger partial charge in [0, 0.05) is 24.0 Å². The van der Waals surface area contributed by atoms with Crippen molar-refractivity contribution in [2.75, 3.05) is 0 Å². The van der Waals surface area contributed by atoms with Crippen LogP contribution in [0.1, 0.15) is 23.6 Å². The molecule has 2 aromatic rings. The Morgan fingerprint density at radius 3 is 2.80 bits per heavy atom. The highest BCUT2D eigenvalue weighted by Gasteiger charge is 2.06. The summed E-state index contributed by atoms with van der Waals surface area (Å²) in [7, 11) is 0. The SMILES string of the molecule is NC(CCc1ccsc1)c1cncnc1. The molecule has 2 heterocycles. The maximum absolute atomic E-state index is 6.03. The summed E-state index contributed by atoms with van der Waals surface area (Å²) in [5.41, 5.74) is 8.40. The lowest BCUT2D eigenvalue weighted by atomic mass is 10.0. The lowest BCUT2D eigenvalue weighted by Crippen LogP contribution is -2.11. The Morgan fingerprint density at radius 2 is 2.13 bits per heavy atom. The van der Waals surface area contributed by atoms with Crippen LogP contribution in [0.3, 0.4) is 0 Å². The predicted molar refractivity (Wildman–Crippen MR) is 61.6 cm³/mol. The minimum absolute atomic E-state index is 0.0334. The summed E-state index contributed by atoms with van der Waals surface area (Å²) >= 11 is 1.72. The van der Waals surface area contributed by atoms with Crippen molar-refractivity contribution in [3.63, 3.8) is 0 Å². The van der Waals surface area contributed by atoms with Crippen molar-refractivity contribution in [3.8, 4) is 0 Å². The summed E-state index contributed by atoms with van der Waals surface area (Å²) in [6.07, 6.45) is 7.04. The zero-order valence-corrected chi connectivity index (χ0v) is 9.15. The standard InChI is InChI=1S/C11H13N3S/c12-11(10-5-13-8-14-6-10)2-1-9-3-4-15-7-9/h3-8,11H,1-2,12H2. The van der Waals surface area contributed by atoms with Crippen LogP contribution in [0.4, 0.5) is 0 Å². The van der Waals surface area contributed by atoms with Gasteiger partial charge in [-0.2, -0.15) is 11.3 Å². The molecule has 0 fully saturated rings. The molecule has 0 aliphatic rings. The van der Waals surface area contributed by atoms with Crippen LogP contribution in [0.25, 0.3) is 0 Å². The molecule has 2 rings (SSSR count). The fourth-order valence-electron chi connectivity index (χ4n) is 1.43. The molecule has 0 aliphatic heterocycles. The van der Waals surface area contributed by atoms with Crippen molar-refractivity contribution in [1.82, 2.24) is 9.97 Å². The van der Waals surface area contributed by atoms with Crippen LogP contribution < -0.4 is 5.73 Å². The van der Waals surface area contributed by atoms with Crippen molar-refractivity contribution in [2.45, 2.75) is 18.9 Å². The number of thiophene rings is 1. The van der Waals surface area contributed by atoms with Crippen molar-refractivity contribution < 1.29 is 0 Å². The van der Waals surface area contributed by atoms with Crippen LogP contribution in [-0.2, 0) is 6.42 Å². The van der Waals surface area contributed by atoms with E-state index in [0.717, 1.165) is 18.4 Å². The smallest absolute Gasteiger partial charge is 0.115 e. The molecule has 0 radical (unpaired) electrons. The van der Waals surface area contributed by atoms with Gasteiger partial charge in [-0.25, -0.2) is 9.97 Å². The summed E-state index contributed by atoms with van der Waals surface area (Å²) in [6, 6.07) is 2.17. The monoisotopic (exact) mass is 219 g/mol. The summed E-state index contributed by atoms with van der Waals surface area (Å²) in [5.74, 6) is 0. The Kier molecular flexibility index (Phi) is 3.42. The van der Waals surface area contributed by atoms with E-state index in [1.54, 1.807) is 23.7 Å². The summed E-state index contributed by atoms with van der Waals surface area (Å²) < 4.78 is 0. The molecule has 0 bridgehead atoms. The largest absolute Gasteiger partial charge is 0.324 e. The molecule has 0 spiro atoms. The molecule has 1 unspecified atom stereocenters. The molecule has 0 saturated heterocycles. The van der Waals surface area contributed by atoms with E-state index >= 15 is 0 Å².